The average molecular weight is 618 g/mol. The van der Waals surface area contributed by atoms with Gasteiger partial charge in [-0.1, -0.05) is 44.2 Å². The number of carbonyl (C=O) groups is 2. The van der Waals surface area contributed by atoms with Crippen LogP contribution < -0.4 is 15.4 Å². The predicted molar refractivity (Wildman–Crippen MR) is 160 cm³/mol. The zero-order valence-corrected chi connectivity index (χ0v) is 26.0. The molecule has 2 aromatic carbocycles. The predicted octanol–water partition coefficient (Wildman–Crippen LogP) is 2.72. The molecule has 1 aliphatic heterocycles. The van der Waals surface area contributed by atoms with Gasteiger partial charge in [0.05, 0.1) is 42.9 Å². The van der Waals surface area contributed by atoms with Gasteiger partial charge in [0.15, 0.2) is 0 Å². The minimum atomic E-state index is -3.96. The Bertz CT molecular complexity index is 1320. The highest BCUT2D eigenvalue weighted by Gasteiger charge is 2.46. The number of hydrogen-bond acceptors (Lipinski definition) is 8. The quantitative estimate of drug-likeness (QED) is 0.311. The van der Waals surface area contributed by atoms with Crippen molar-refractivity contribution in [3.8, 4) is 5.75 Å². The number of carbonyl (C=O) groups excluding carboxylic acids is 2. The highest BCUT2D eigenvalue weighted by Crippen LogP contribution is 2.37. The maximum absolute atomic E-state index is 13.6. The first-order chi connectivity index (χ1) is 20.5. The Balaban J connectivity index is 1.47. The fourth-order valence-corrected chi connectivity index (χ4v) is 7.48. The van der Waals surface area contributed by atoms with Crippen LogP contribution in [-0.4, -0.2) is 87.0 Å². The lowest BCUT2D eigenvalue weighted by molar-refractivity contribution is -0.119. The lowest BCUT2D eigenvalue weighted by Gasteiger charge is -2.31. The number of benzene rings is 2. The van der Waals surface area contributed by atoms with Crippen LogP contribution in [-0.2, 0) is 30.7 Å². The molecule has 0 unspecified atom stereocenters. The number of alkyl carbamates (subject to hydrolysis) is 1. The van der Waals surface area contributed by atoms with E-state index in [1.54, 1.807) is 12.1 Å². The number of nitrogens with one attached hydrogen (secondary N) is 2. The SMILES string of the molecule is COc1ccc(S(=O)(=O)N(CC(C)C)C[C@@H](O)[C@H](Cc2ccccc2)NC(=O)O[C@@H]2C[C@@H]3[C@@H](NC(C)=O)CO[C@@H]3C2)cc1. The second-order valence-electron chi connectivity index (χ2n) is 11.7. The highest BCUT2D eigenvalue weighted by atomic mass is 32.2. The summed E-state index contributed by atoms with van der Waals surface area (Å²) < 4.78 is 45.3. The molecular weight excluding hydrogens is 574 g/mol. The zero-order valence-electron chi connectivity index (χ0n) is 25.1. The van der Waals surface area contributed by atoms with Crippen molar-refractivity contribution in [1.29, 1.82) is 0 Å². The number of rotatable bonds is 13. The number of ether oxygens (including phenoxy) is 3. The molecule has 1 saturated carbocycles. The van der Waals surface area contributed by atoms with Gasteiger partial charge in [-0.05, 0) is 48.6 Å². The van der Waals surface area contributed by atoms with E-state index in [1.165, 1.54) is 30.5 Å². The van der Waals surface area contributed by atoms with Crippen LogP contribution in [0, 0.1) is 11.8 Å². The van der Waals surface area contributed by atoms with Crippen LogP contribution in [0.1, 0.15) is 39.2 Å². The molecule has 236 valence electrons. The molecule has 2 aliphatic rings. The zero-order chi connectivity index (χ0) is 31.1. The molecule has 2 aromatic rings. The third-order valence-electron chi connectivity index (χ3n) is 7.90. The van der Waals surface area contributed by atoms with Gasteiger partial charge < -0.3 is 30.0 Å². The number of amides is 2. The minimum Gasteiger partial charge on any atom is -0.497 e. The van der Waals surface area contributed by atoms with E-state index in [2.05, 4.69) is 10.6 Å². The maximum atomic E-state index is 13.6. The summed E-state index contributed by atoms with van der Waals surface area (Å²) in [6.07, 6.45) is -1.12. The summed E-state index contributed by atoms with van der Waals surface area (Å²) in [7, 11) is -2.46. The van der Waals surface area contributed by atoms with E-state index in [1.807, 2.05) is 44.2 Å². The molecule has 11 nitrogen and oxygen atoms in total. The summed E-state index contributed by atoms with van der Waals surface area (Å²) in [5.41, 5.74) is 0.863. The summed E-state index contributed by atoms with van der Waals surface area (Å²) in [6.45, 7) is 5.64. The van der Waals surface area contributed by atoms with Gasteiger partial charge >= 0.3 is 6.09 Å². The molecule has 1 heterocycles. The molecule has 1 aliphatic carbocycles. The van der Waals surface area contributed by atoms with Crippen molar-refractivity contribution in [2.24, 2.45) is 11.8 Å². The Kier molecular flexibility index (Phi) is 11.0. The Labute approximate surface area is 253 Å². The molecule has 2 amide bonds. The smallest absolute Gasteiger partial charge is 0.407 e. The maximum Gasteiger partial charge on any atom is 0.407 e. The van der Waals surface area contributed by atoms with Crippen LogP contribution in [0.4, 0.5) is 4.79 Å². The van der Waals surface area contributed by atoms with E-state index in [0.29, 0.717) is 25.2 Å². The van der Waals surface area contributed by atoms with Gasteiger partial charge in [0.1, 0.15) is 11.9 Å². The number of fused-ring (bicyclic) bond motifs is 1. The summed E-state index contributed by atoms with van der Waals surface area (Å²) in [5.74, 6) is 0.439. The highest BCUT2D eigenvalue weighted by molar-refractivity contribution is 7.89. The first kappa shape index (κ1) is 32.7. The van der Waals surface area contributed by atoms with Crippen LogP contribution in [0.2, 0.25) is 0 Å². The molecule has 0 radical (unpaired) electrons. The number of methoxy groups -OCH3 is 1. The van der Waals surface area contributed by atoms with Gasteiger partial charge in [-0.25, -0.2) is 13.2 Å². The van der Waals surface area contributed by atoms with E-state index in [0.717, 1.165) is 5.56 Å². The van der Waals surface area contributed by atoms with Gasteiger partial charge in [-0.3, -0.25) is 4.79 Å². The first-order valence-corrected chi connectivity index (χ1v) is 16.1. The van der Waals surface area contributed by atoms with Gasteiger partial charge in [-0.2, -0.15) is 4.31 Å². The number of nitrogens with zero attached hydrogens (tertiary/aromatic N) is 1. The van der Waals surface area contributed by atoms with Gasteiger partial charge in [0.2, 0.25) is 15.9 Å². The van der Waals surface area contributed by atoms with Crippen molar-refractivity contribution in [1.82, 2.24) is 14.9 Å². The molecule has 3 N–H and O–H groups in total. The van der Waals surface area contributed by atoms with Gasteiger partial charge in [0.25, 0.3) is 0 Å². The Morgan fingerprint density at radius 2 is 1.77 bits per heavy atom. The van der Waals surface area contributed by atoms with Crippen molar-refractivity contribution in [2.75, 3.05) is 26.8 Å². The first-order valence-electron chi connectivity index (χ1n) is 14.7. The van der Waals surface area contributed by atoms with Crippen molar-refractivity contribution in [3.63, 3.8) is 0 Å². The fraction of sp³-hybridized carbons (Fsp3) is 0.548. The number of sulfonamides is 1. The molecule has 2 fully saturated rings. The van der Waals surface area contributed by atoms with Crippen molar-refractivity contribution >= 4 is 22.0 Å². The molecular formula is C31H43N3O8S. The van der Waals surface area contributed by atoms with Crippen molar-refractivity contribution < 1.29 is 37.3 Å². The molecule has 0 spiro atoms. The summed E-state index contributed by atoms with van der Waals surface area (Å²) in [4.78, 5) is 24.8. The van der Waals surface area contributed by atoms with Crippen LogP contribution in [0.15, 0.2) is 59.5 Å². The minimum absolute atomic E-state index is 0.0175. The average Bonchev–Trinajstić information content (AvgIpc) is 3.53. The number of hydrogen-bond donors (Lipinski definition) is 3. The van der Waals surface area contributed by atoms with Crippen LogP contribution in [0.25, 0.3) is 0 Å². The normalized spacial score (nSPS) is 23.0. The lowest BCUT2D eigenvalue weighted by atomic mass is 9.99. The molecule has 0 aromatic heterocycles. The fourth-order valence-electron chi connectivity index (χ4n) is 5.86. The standard InChI is InChI=1S/C31H43N3O8S/c1-20(2)17-34(43(38,39)25-12-10-23(40-4)11-13-25)18-29(36)27(14-22-8-6-5-7-9-22)33-31(37)42-24-15-26-28(32-21(3)35)19-41-30(26)16-24/h5-13,20,24,26-30,36H,14-19H2,1-4H3,(H,32,35)(H,33,37)/t24-,26-,27+,28+,29-,30-/m1/s1. The molecule has 0 bridgehead atoms. The van der Waals surface area contributed by atoms with E-state index < -0.39 is 34.4 Å². The molecule has 43 heavy (non-hydrogen) atoms. The van der Waals surface area contributed by atoms with E-state index in [4.69, 9.17) is 14.2 Å². The van der Waals surface area contributed by atoms with E-state index in [-0.39, 0.29) is 54.3 Å². The number of aliphatic hydroxyl groups is 1. The van der Waals surface area contributed by atoms with Crippen molar-refractivity contribution in [3.05, 3.63) is 60.2 Å². The molecule has 4 rings (SSSR count). The van der Waals surface area contributed by atoms with Crippen molar-refractivity contribution in [2.45, 2.75) is 75.3 Å². The summed E-state index contributed by atoms with van der Waals surface area (Å²) in [5, 5.41) is 17.2. The number of aliphatic hydroxyl groups excluding tert-OH is 1. The van der Waals surface area contributed by atoms with Crippen LogP contribution in [0.5, 0.6) is 5.75 Å². The largest absolute Gasteiger partial charge is 0.497 e. The van der Waals surface area contributed by atoms with Gasteiger partial charge in [0, 0.05) is 32.4 Å². The van der Waals surface area contributed by atoms with E-state index >= 15 is 0 Å². The molecule has 12 heteroatoms. The topological polar surface area (TPSA) is 144 Å². The third kappa shape index (κ3) is 8.69. The monoisotopic (exact) mass is 617 g/mol. The Morgan fingerprint density at radius 1 is 1.07 bits per heavy atom. The lowest BCUT2D eigenvalue weighted by Crippen LogP contribution is -2.51. The van der Waals surface area contributed by atoms with Crippen LogP contribution in [0.3, 0.4) is 0 Å². The Morgan fingerprint density at radius 3 is 2.40 bits per heavy atom. The van der Waals surface area contributed by atoms with Gasteiger partial charge in [-0.15, -0.1) is 0 Å². The van der Waals surface area contributed by atoms with E-state index in [9.17, 15) is 23.1 Å². The third-order valence-corrected chi connectivity index (χ3v) is 9.75. The van der Waals surface area contributed by atoms with Crippen LogP contribution >= 0.6 is 0 Å². The summed E-state index contributed by atoms with van der Waals surface area (Å²) >= 11 is 0. The summed E-state index contributed by atoms with van der Waals surface area (Å²) in [6, 6.07) is 14.5. The Hall–Kier alpha value is -3.19. The second kappa shape index (κ2) is 14.5. The molecule has 6 atom stereocenters. The molecule has 1 saturated heterocycles. The second-order valence-corrected chi connectivity index (χ2v) is 13.7.